The summed E-state index contributed by atoms with van der Waals surface area (Å²) in [4.78, 5) is 9.91. The topological polar surface area (TPSA) is 89.3 Å². The Hall–Kier alpha value is -0.320. The summed E-state index contributed by atoms with van der Waals surface area (Å²) in [6.45, 7) is 0.327. The van der Waals surface area contributed by atoms with Gasteiger partial charge in [-0.05, 0) is 13.0 Å². The molecule has 0 saturated heterocycles. The SMILES string of the molecule is Cl.NCCC(N)C(=O)O. The van der Waals surface area contributed by atoms with E-state index >= 15 is 0 Å². The third kappa shape index (κ3) is 5.55. The standard InChI is InChI=1S/C4H10N2O2.ClH/c5-2-1-3(6)4(7)8;/h3H,1-2,5-6H2,(H,7,8);1H. The van der Waals surface area contributed by atoms with Crippen molar-refractivity contribution >= 4 is 18.4 Å². The van der Waals surface area contributed by atoms with Crippen molar-refractivity contribution in [3.8, 4) is 0 Å². The van der Waals surface area contributed by atoms with E-state index in [1.165, 1.54) is 0 Å². The van der Waals surface area contributed by atoms with Crippen LogP contribution in [0.25, 0.3) is 0 Å². The Kier molecular flexibility index (Phi) is 7.41. The Morgan fingerprint density at radius 3 is 2.22 bits per heavy atom. The number of nitrogens with two attached hydrogens (primary N) is 2. The van der Waals surface area contributed by atoms with Gasteiger partial charge in [-0.1, -0.05) is 0 Å². The largest absolute Gasteiger partial charge is 0.480 e. The van der Waals surface area contributed by atoms with Crippen molar-refractivity contribution < 1.29 is 9.90 Å². The van der Waals surface area contributed by atoms with Gasteiger partial charge in [-0.15, -0.1) is 12.4 Å². The highest BCUT2D eigenvalue weighted by molar-refractivity contribution is 5.85. The predicted molar refractivity (Wildman–Crippen MR) is 36.5 cm³/mol. The minimum absolute atomic E-state index is 0. The van der Waals surface area contributed by atoms with Gasteiger partial charge in [0.1, 0.15) is 6.04 Å². The Balaban J connectivity index is 0. The van der Waals surface area contributed by atoms with Crippen molar-refractivity contribution in [3.05, 3.63) is 0 Å². The van der Waals surface area contributed by atoms with Gasteiger partial charge >= 0.3 is 5.97 Å². The van der Waals surface area contributed by atoms with Crippen LogP contribution in [0.3, 0.4) is 0 Å². The van der Waals surface area contributed by atoms with E-state index in [1.807, 2.05) is 0 Å². The number of rotatable bonds is 3. The maximum absolute atomic E-state index is 9.91. The van der Waals surface area contributed by atoms with E-state index in [0.29, 0.717) is 13.0 Å². The van der Waals surface area contributed by atoms with E-state index in [9.17, 15) is 4.79 Å². The van der Waals surface area contributed by atoms with Gasteiger partial charge in [-0.2, -0.15) is 0 Å². The molecule has 0 aliphatic carbocycles. The van der Waals surface area contributed by atoms with Gasteiger partial charge in [0.2, 0.25) is 0 Å². The highest BCUT2D eigenvalue weighted by atomic mass is 35.5. The third-order valence-corrected chi connectivity index (χ3v) is 0.795. The van der Waals surface area contributed by atoms with Gasteiger partial charge in [0.15, 0.2) is 0 Å². The summed E-state index contributed by atoms with van der Waals surface area (Å²) in [6.07, 6.45) is 0.343. The van der Waals surface area contributed by atoms with Crippen LogP contribution in [0.5, 0.6) is 0 Å². The Bertz CT molecular complexity index is 88.6. The highest BCUT2D eigenvalue weighted by Gasteiger charge is 2.07. The number of carboxylic acid groups (broad SMARTS) is 1. The summed E-state index contributed by atoms with van der Waals surface area (Å²) < 4.78 is 0. The molecule has 0 spiro atoms. The minimum atomic E-state index is -0.990. The lowest BCUT2D eigenvalue weighted by molar-refractivity contribution is -0.138. The molecule has 0 aromatic rings. The lowest BCUT2D eigenvalue weighted by Crippen LogP contribution is -2.32. The highest BCUT2D eigenvalue weighted by Crippen LogP contribution is 1.82. The van der Waals surface area contributed by atoms with Crippen LogP contribution in [0, 0.1) is 0 Å². The molecule has 0 saturated carbocycles. The van der Waals surface area contributed by atoms with Crippen LogP contribution in [0.15, 0.2) is 0 Å². The molecule has 5 N–H and O–H groups in total. The van der Waals surface area contributed by atoms with Gasteiger partial charge in [0.25, 0.3) is 0 Å². The molecule has 4 nitrogen and oxygen atoms in total. The normalized spacial score (nSPS) is 11.8. The predicted octanol–water partition coefficient (Wildman–Crippen LogP) is -0.831. The molecule has 0 fully saturated rings. The summed E-state index contributed by atoms with van der Waals surface area (Å²) in [5.74, 6) is -0.990. The molecular weight excluding hydrogens is 144 g/mol. The fourth-order valence-electron chi connectivity index (χ4n) is 0.303. The lowest BCUT2D eigenvalue weighted by atomic mass is 10.2. The summed E-state index contributed by atoms with van der Waals surface area (Å²) in [6, 6.07) is -0.792. The van der Waals surface area contributed by atoms with E-state index in [-0.39, 0.29) is 12.4 Å². The van der Waals surface area contributed by atoms with Crippen molar-refractivity contribution in [3.63, 3.8) is 0 Å². The molecule has 0 aromatic heterocycles. The number of carboxylic acids is 1. The van der Waals surface area contributed by atoms with Crippen LogP contribution >= 0.6 is 12.4 Å². The van der Waals surface area contributed by atoms with Crippen LogP contribution < -0.4 is 11.5 Å². The zero-order chi connectivity index (χ0) is 6.57. The smallest absolute Gasteiger partial charge is 0.320 e. The van der Waals surface area contributed by atoms with Gasteiger partial charge in [-0.3, -0.25) is 4.79 Å². The quantitative estimate of drug-likeness (QED) is 0.495. The maximum atomic E-state index is 9.91. The van der Waals surface area contributed by atoms with Crippen LogP contribution in [-0.4, -0.2) is 23.7 Å². The Labute approximate surface area is 59.6 Å². The lowest BCUT2D eigenvalue weighted by Gasteiger charge is -2.00. The molecule has 0 radical (unpaired) electrons. The first-order chi connectivity index (χ1) is 3.68. The fraction of sp³-hybridized carbons (Fsp3) is 0.750. The molecule has 0 aliphatic heterocycles. The third-order valence-electron chi connectivity index (χ3n) is 0.795. The van der Waals surface area contributed by atoms with Crippen LogP contribution in [-0.2, 0) is 4.79 Å². The van der Waals surface area contributed by atoms with Gasteiger partial charge in [0, 0.05) is 0 Å². The van der Waals surface area contributed by atoms with Crippen LogP contribution in [0.2, 0.25) is 0 Å². The van der Waals surface area contributed by atoms with Crippen LogP contribution in [0.1, 0.15) is 6.42 Å². The van der Waals surface area contributed by atoms with E-state index in [0.717, 1.165) is 0 Å². The first kappa shape index (κ1) is 11.5. The number of aliphatic carboxylic acids is 1. The molecule has 0 heterocycles. The fourth-order valence-corrected chi connectivity index (χ4v) is 0.303. The van der Waals surface area contributed by atoms with E-state index in [1.54, 1.807) is 0 Å². The molecule has 1 unspecified atom stereocenters. The number of carbonyl (C=O) groups is 1. The molecule has 0 bridgehead atoms. The molecule has 0 amide bonds. The molecule has 0 aliphatic rings. The average molecular weight is 155 g/mol. The number of halogens is 1. The Morgan fingerprint density at radius 2 is 2.11 bits per heavy atom. The summed E-state index contributed by atoms with van der Waals surface area (Å²) >= 11 is 0. The molecule has 56 valence electrons. The number of hydrogen-bond donors (Lipinski definition) is 3. The van der Waals surface area contributed by atoms with Crippen molar-refractivity contribution in [1.82, 2.24) is 0 Å². The van der Waals surface area contributed by atoms with Crippen molar-refractivity contribution in [2.24, 2.45) is 11.5 Å². The molecule has 0 rings (SSSR count). The van der Waals surface area contributed by atoms with Gasteiger partial charge < -0.3 is 16.6 Å². The van der Waals surface area contributed by atoms with Crippen molar-refractivity contribution in [2.45, 2.75) is 12.5 Å². The summed E-state index contributed by atoms with van der Waals surface area (Å²) in [7, 11) is 0. The second-order valence-electron chi connectivity index (χ2n) is 1.52. The van der Waals surface area contributed by atoms with Crippen LogP contribution in [0.4, 0.5) is 0 Å². The summed E-state index contributed by atoms with van der Waals surface area (Å²) in [5, 5.41) is 8.13. The average Bonchev–Trinajstić information content (AvgIpc) is 1.67. The zero-order valence-electron chi connectivity index (χ0n) is 4.91. The van der Waals surface area contributed by atoms with E-state index in [4.69, 9.17) is 16.6 Å². The van der Waals surface area contributed by atoms with Gasteiger partial charge in [-0.25, -0.2) is 0 Å². The minimum Gasteiger partial charge on any atom is -0.480 e. The van der Waals surface area contributed by atoms with Crippen molar-refractivity contribution in [1.29, 1.82) is 0 Å². The van der Waals surface area contributed by atoms with Gasteiger partial charge in [0.05, 0.1) is 0 Å². The molecular formula is C4H11ClN2O2. The van der Waals surface area contributed by atoms with E-state index < -0.39 is 12.0 Å². The second kappa shape index (κ2) is 5.81. The molecule has 5 heteroatoms. The molecule has 0 aromatic carbocycles. The Morgan fingerprint density at radius 1 is 1.67 bits per heavy atom. The summed E-state index contributed by atoms with van der Waals surface area (Å²) in [5.41, 5.74) is 10.1. The molecule has 1 atom stereocenters. The van der Waals surface area contributed by atoms with E-state index in [2.05, 4.69) is 0 Å². The number of hydrogen-bond acceptors (Lipinski definition) is 3. The first-order valence-electron chi connectivity index (χ1n) is 2.37. The monoisotopic (exact) mass is 154 g/mol. The molecule has 9 heavy (non-hydrogen) atoms. The second-order valence-corrected chi connectivity index (χ2v) is 1.52. The van der Waals surface area contributed by atoms with Crippen molar-refractivity contribution in [2.75, 3.05) is 6.54 Å². The maximum Gasteiger partial charge on any atom is 0.320 e. The zero-order valence-corrected chi connectivity index (χ0v) is 5.73. The first-order valence-corrected chi connectivity index (χ1v) is 2.37.